The lowest BCUT2D eigenvalue weighted by molar-refractivity contribution is 0.0970. The molecule has 7 heteroatoms. The highest BCUT2D eigenvalue weighted by molar-refractivity contribution is 6.42. The highest BCUT2D eigenvalue weighted by atomic mass is 35.5. The van der Waals surface area contributed by atoms with Crippen LogP contribution in [0.25, 0.3) is 11.0 Å². The standard InChI is InChI=1S/C22H12Cl2N2O3/c23-14-9-8-12(11-15(14)24)19-18-20(27)13-5-1-2-6-16(13)29-21(18)22(28)26(19)17-7-3-4-10-25-17/h1-11,19H. The zero-order valence-corrected chi connectivity index (χ0v) is 16.3. The molecule has 4 aromatic rings. The Bertz CT molecular complexity index is 1340. The first-order valence-electron chi connectivity index (χ1n) is 8.81. The van der Waals surface area contributed by atoms with Crippen molar-refractivity contribution in [3.8, 4) is 0 Å². The molecule has 0 N–H and O–H groups in total. The number of hydrogen-bond donors (Lipinski definition) is 0. The molecule has 5 rings (SSSR count). The average molecular weight is 423 g/mol. The third-order valence-electron chi connectivity index (χ3n) is 4.93. The molecule has 1 amide bonds. The van der Waals surface area contributed by atoms with Crippen molar-refractivity contribution in [2.24, 2.45) is 0 Å². The number of carbonyl (C=O) groups excluding carboxylic acids is 1. The number of amides is 1. The zero-order chi connectivity index (χ0) is 20.1. The van der Waals surface area contributed by atoms with Gasteiger partial charge in [-0.1, -0.05) is 47.5 Å². The van der Waals surface area contributed by atoms with Gasteiger partial charge in [-0.05, 0) is 42.0 Å². The average Bonchev–Trinajstić information content (AvgIpc) is 3.04. The minimum Gasteiger partial charge on any atom is -0.450 e. The third-order valence-corrected chi connectivity index (χ3v) is 5.67. The van der Waals surface area contributed by atoms with Gasteiger partial charge in [-0.15, -0.1) is 0 Å². The topological polar surface area (TPSA) is 63.4 Å². The molecule has 29 heavy (non-hydrogen) atoms. The molecule has 2 aromatic heterocycles. The Hall–Kier alpha value is -3.15. The fraction of sp³-hybridized carbons (Fsp3) is 0.0455. The smallest absolute Gasteiger partial charge is 0.296 e. The first kappa shape index (κ1) is 17.9. The van der Waals surface area contributed by atoms with Crippen LogP contribution in [-0.4, -0.2) is 10.9 Å². The fourth-order valence-corrected chi connectivity index (χ4v) is 3.96. The molecule has 0 aliphatic carbocycles. The molecule has 0 saturated carbocycles. The minimum absolute atomic E-state index is 0.00965. The zero-order valence-electron chi connectivity index (χ0n) is 14.8. The van der Waals surface area contributed by atoms with Gasteiger partial charge >= 0.3 is 0 Å². The summed E-state index contributed by atoms with van der Waals surface area (Å²) in [5.41, 5.74) is 1.00. The highest BCUT2D eigenvalue weighted by Crippen LogP contribution is 2.41. The van der Waals surface area contributed by atoms with E-state index in [2.05, 4.69) is 4.98 Å². The maximum Gasteiger partial charge on any atom is 0.296 e. The van der Waals surface area contributed by atoms with Gasteiger partial charge in [0.05, 0.1) is 27.0 Å². The van der Waals surface area contributed by atoms with Crippen molar-refractivity contribution in [2.45, 2.75) is 6.04 Å². The summed E-state index contributed by atoms with van der Waals surface area (Å²) in [6.45, 7) is 0. The maximum absolute atomic E-state index is 13.4. The molecule has 1 atom stereocenters. The summed E-state index contributed by atoms with van der Waals surface area (Å²) in [4.78, 5) is 32.4. The second kappa shape index (κ2) is 6.72. The van der Waals surface area contributed by atoms with Crippen molar-refractivity contribution in [2.75, 3.05) is 4.90 Å². The Labute approximate surface area is 175 Å². The lowest BCUT2D eigenvalue weighted by atomic mass is 9.98. The number of carbonyl (C=O) groups is 1. The van der Waals surface area contributed by atoms with E-state index < -0.39 is 11.9 Å². The van der Waals surface area contributed by atoms with Gasteiger partial charge in [0.25, 0.3) is 5.91 Å². The van der Waals surface area contributed by atoms with Crippen molar-refractivity contribution < 1.29 is 9.21 Å². The summed E-state index contributed by atoms with van der Waals surface area (Å²) in [6, 6.07) is 16.4. The van der Waals surface area contributed by atoms with Crippen molar-refractivity contribution in [1.29, 1.82) is 0 Å². The predicted octanol–water partition coefficient (Wildman–Crippen LogP) is 5.24. The van der Waals surface area contributed by atoms with E-state index in [1.165, 1.54) is 4.90 Å². The van der Waals surface area contributed by atoms with Gasteiger partial charge in [-0.3, -0.25) is 14.5 Å². The molecule has 0 radical (unpaired) electrons. The van der Waals surface area contributed by atoms with E-state index >= 15 is 0 Å². The molecule has 1 aliphatic heterocycles. The minimum atomic E-state index is -0.733. The van der Waals surface area contributed by atoms with E-state index in [1.807, 2.05) is 0 Å². The van der Waals surface area contributed by atoms with Crippen LogP contribution in [0.3, 0.4) is 0 Å². The van der Waals surface area contributed by atoms with Crippen LogP contribution in [0.15, 0.2) is 76.1 Å². The van der Waals surface area contributed by atoms with Crippen LogP contribution >= 0.6 is 23.2 Å². The summed E-state index contributed by atoms with van der Waals surface area (Å²) < 4.78 is 5.88. The monoisotopic (exact) mass is 422 g/mol. The number of anilines is 1. The van der Waals surface area contributed by atoms with Gasteiger partial charge in [0, 0.05) is 6.20 Å². The number of pyridine rings is 1. The van der Waals surface area contributed by atoms with Gasteiger partial charge in [0.1, 0.15) is 11.4 Å². The van der Waals surface area contributed by atoms with Crippen LogP contribution in [0.1, 0.15) is 27.7 Å². The van der Waals surface area contributed by atoms with Gasteiger partial charge in [-0.2, -0.15) is 0 Å². The molecule has 0 spiro atoms. The van der Waals surface area contributed by atoms with Crippen LogP contribution in [0.5, 0.6) is 0 Å². The number of fused-ring (bicyclic) bond motifs is 2. The van der Waals surface area contributed by atoms with E-state index in [1.54, 1.807) is 66.9 Å². The molecular formula is C22H12Cl2N2O3. The van der Waals surface area contributed by atoms with E-state index in [0.29, 0.717) is 32.4 Å². The predicted molar refractivity (Wildman–Crippen MR) is 112 cm³/mol. The highest BCUT2D eigenvalue weighted by Gasteiger charge is 2.44. The SMILES string of the molecule is O=C1c2oc3ccccc3c(=O)c2C(c2ccc(Cl)c(Cl)c2)N1c1ccccn1. The van der Waals surface area contributed by atoms with Crippen LogP contribution in [0.4, 0.5) is 5.82 Å². The Kier molecular flexibility index (Phi) is 4.15. The van der Waals surface area contributed by atoms with E-state index in [-0.39, 0.29) is 16.8 Å². The molecule has 3 heterocycles. The fourth-order valence-electron chi connectivity index (χ4n) is 3.65. The maximum atomic E-state index is 13.4. The van der Waals surface area contributed by atoms with Gasteiger partial charge < -0.3 is 4.42 Å². The number of benzene rings is 2. The Balaban J connectivity index is 1.84. The summed E-state index contributed by atoms with van der Waals surface area (Å²) in [7, 11) is 0. The van der Waals surface area contributed by atoms with Crippen molar-refractivity contribution in [3.05, 3.63) is 104 Å². The summed E-state index contributed by atoms with van der Waals surface area (Å²) in [5, 5.41) is 1.12. The Morgan fingerprint density at radius 3 is 2.48 bits per heavy atom. The first-order chi connectivity index (χ1) is 14.1. The van der Waals surface area contributed by atoms with Crippen LogP contribution in [-0.2, 0) is 0 Å². The van der Waals surface area contributed by atoms with Crippen molar-refractivity contribution in [3.63, 3.8) is 0 Å². The lowest BCUT2D eigenvalue weighted by Crippen LogP contribution is -2.30. The molecular weight excluding hydrogens is 411 g/mol. The first-order valence-corrected chi connectivity index (χ1v) is 9.57. The summed E-state index contributed by atoms with van der Waals surface area (Å²) in [6.07, 6.45) is 1.59. The number of halogens is 2. The summed E-state index contributed by atoms with van der Waals surface area (Å²) >= 11 is 12.3. The molecule has 0 bridgehead atoms. The normalized spacial score (nSPS) is 15.7. The molecule has 0 fully saturated rings. The molecule has 2 aromatic carbocycles. The lowest BCUT2D eigenvalue weighted by Gasteiger charge is -2.24. The number of aromatic nitrogens is 1. The molecule has 0 saturated heterocycles. The molecule has 1 aliphatic rings. The number of hydrogen-bond acceptors (Lipinski definition) is 4. The third kappa shape index (κ3) is 2.74. The quantitative estimate of drug-likeness (QED) is 0.442. The summed E-state index contributed by atoms with van der Waals surface area (Å²) in [5.74, 6) is -0.0171. The van der Waals surface area contributed by atoms with Gasteiger partial charge in [0.15, 0.2) is 5.43 Å². The number of para-hydroxylation sites is 1. The van der Waals surface area contributed by atoms with Crippen molar-refractivity contribution in [1.82, 2.24) is 4.98 Å². The van der Waals surface area contributed by atoms with E-state index in [4.69, 9.17) is 27.6 Å². The van der Waals surface area contributed by atoms with E-state index in [9.17, 15) is 9.59 Å². The van der Waals surface area contributed by atoms with Crippen LogP contribution in [0, 0.1) is 0 Å². The second-order valence-corrected chi connectivity index (χ2v) is 7.42. The number of nitrogens with zero attached hydrogens (tertiary/aromatic N) is 2. The number of rotatable bonds is 2. The van der Waals surface area contributed by atoms with Gasteiger partial charge in [-0.25, -0.2) is 4.98 Å². The second-order valence-electron chi connectivity index (χ2n) is 6.61. The largest absolute Gasteiger partial charge is 0.450 e. The van der Waals surface area contributed by atoms with E-state index in [0.717, 1.165) is 0 Å². The molecule has 1 unspecified atom stereocenters. The van der Waals surface area contributed by atoms with Crippen LogP contribution < -0.4 is 10.3 Å². The van der Waals surface area contributed by atoms with Gasteiger partial charge in [0.2, 0.25) is 5.76 Å². The Morgan fingerprint density at radius 1 is 0.931 bits per heavy atom. The van der Waals surface area contributed by atoms with Crippen molar-refractivity contribution >= 4 is 45.9 Å². The van der Waals surface area contributed by atoms with Crippen LogP contribution in [0.2, 0.25) is 10.0 Å². The molecule has 5 nitrogen and oxygen atoms in total. The molecule has 142 valence electrons. The Morgan fingerprint density at radius 2 is 1.72 bits per heavy atom.